The number of unbranched alkanes of at least 4 members (excludes halogenated alkanes) is 1. The number of hydrogen-bond donors (Lipinski definition) is 0. The van der Waals surface area contributed by atoms with Crippen LogP contribution in [0.2, 0.25) is 0 Å². The van der Waals surface area contributed by atoms with Crippen LogP contribution in [0.5, 0.6) is 11.5 Å². The molecule has 122 valence electrons. The molecule has 0 atom stereocenters. The molecule has 4 heteroatoms. The zero-order valence-corrected chi connectivity index (χ0v) is 13.2. The van der Waals surface area contributed by atoms with Crippen molar-refractivity contribution >= 4 is 0 Å². The van der Waals surface area contributed by atoms with Gasteiger partial charge >= 0.3 is 0 Å². The number of halogens is 2. The summed E-state index contributed by atoms with van der Waals surface area (Å²) in [7, 11) is 0. The van der Waals surface area contributed by atoms with Crippen molar-refractivity contribution in [1.29, 1.82) is 0 Å². The Bertz CT molecular complexity index is 518. The Hall–Kier alpha value is -1.32. The number of rotatable bonds is 7. The summed E-state index contributed by atoms with van der Waals surface area (Å²) in [5.74, 6) is -1.43. The summed E-state index contributed by atoms with van der Waals surface area (Å²) in [5, 5.41) is 0. The highest BCUT2D eigenvalue weighted by atomic mass is 19.2. The Labute approximate surface area is 130 Å². The molecule has 22 heavy (non-hydrogen) atoms. The topological polar surface area (TPSA) is 18.5 Å². The molecule has 0 N–H and O–H groups in total. The highest BCUT2D eigenvalue weighted by Crippen LogP contribution is 2.58. The Balaban J connectivity index is 1.52. The SMILES string of the molecule is CCCCOc1ccc(OCC2CC3(CCC3)C2)c(F)c1F. The van der Waals surface area contributed by atoms with Crippen molar-refractivity contribution in [1.82, 2.24) is 0 Å². The van der Waals surface area contributed by atoms with E-state index >= 15 is 0 Å². The van der Waals surface area contributed by atoms with Crippen molar-refractivity contribution in [3.05, 3.63) is 23.8 Å². The average molecular weight is 310 g/mol. The summed E-state index contributed by atoms with van der Waals surface area (Å²) in [6.07, 6.45) is 8.13. The molecule has 0 unspecified atom stereocenters. The molecule has 0 aliphatic heterocycles. The molecule has 3 rings (SSSR count). The zero-order chi connectivity index (χ0) is 15.6. The molecule has 0 heterocycles. The first-order valence-electron chi connectivity index (χ1n) is 8.37. The van der Waals surface area contributed by atoms with Gasteiger partial charge in [0.25, 0.3) is 0 Å². The van der Waals surface area contributed by atoms with E-state index in [1.54, 1.807) is 0 Å². The average Bonchev–Trinajstić information content (AvgIpc) is 2.42. The largest absolute Gasteiger partial charge is 0.490 e. The molecule has 2 aliphatic carbocycles. The predicted molar refractivity (Wildman–Crippen MR) is 81.3 cm³/mol. The lowest BCUT2D eigenvalue weighted by Gasteiger charge is -2.54. The molecule has 1 spiro atoms. The molecule has 2 fully saturated rings. The Morgan fingerprint density at radius 3 is 2.27 bits per heavy atom. The van der Waals surface area contributed by atoms with Crippen LogP contribution in [-0.2, 0) is 0 Å². The summed E-state index contributed by atoms with van der Waals surface area (Å²) in [6, 6.07) is 2.93. The fourth-order valence-electron chi connectivity index (χ4n) is 3.64. The van der Waals surface area contributed by atoms with Crippen LogP contribution in [0.15, 0.2) is 12.1 Å². The molecule has 2 saturated carbocycles. The quantitative estimate of drug-likeness (QED) is 0.652. The standard InChI is InChI=1S/C18H24F2O2/c1-2-3-9-21-14-5-6-15(17(20)16(14)19)22-12-13-10-18(11-13)7-4-8-18/h5-6,13H,2-4,7-12H2,1H3. The lowest BCUT2D eigenvalue weighted by atomic mass is 9.52. The van der Waals surface area contributed by atoms with Crippen molar-refractivity contribution in [3.63, 3.8) is 0 Å². The monoisotopic (exact) mass is 310 g/mol. The van der Waals surface area contributed by atoms with E-state index in [0.29, 0.717) is 24.5 Å². The van der Waals surface area contributed by atoms with Crippen molar-refractivity contribution in [2.24, 2.45) is 11.3 Å². The Morgan fingerprint density at radius 2 is 1.73 bits per heavy atom. The molecule has 0 saturated heterocycles. The van der Waals surface area contributed by atoms with Crippen LogP contribution >= 0.6 is 0 Å². The molecule has 1 aromatic rings. The van der Waals surface area contributed by atoms with Gasteiger partial charge in [-0.3, -0.25) is 0 Å². The molecule has 0 aromatic heterocycles. The summed E-state index contributed by atoms with van der Waals surface area (Å²) >= 11 is 0. The van der Waals surface area contributed by atoms with Gasteiger partial charge < -0.3 is 9.47 Å². The fourth-order valence-corrected chi connectivity index (χ4v) is 3.64. The third-order valence-corrected chi connectivity index (χ3v) is 5.10. The molecule has 0 radical (unpaired) electrons. The van der Waals surface area contributed by atoms with Gasteiger partial charge in [-0.2, -0.15) is 8.78 Å². The number of hydrogen-bond acceptors (Lipinski definition) is 2. The van der Waals surface area contributed by atoms with Crippen molar-refractivity contribution in [2.45, 2.75) is 51.9 Å². The van der Waals surface area contributed by atoms with Crippen LogP contribution in [-0.4, -0.2) is 13.2 Å². The maximum Gasteiger partial charge on any atom is 0.204 e. The minimum absolute atomic E-state index is 0.00472. The van der Waals surface area contributed by atoms with E-state index in [0.717, 1.165) is 12.8 Å². The fraction of sp³-hybridized carbons (Fsp3) is 0.667. The van der Waals surface area contributed by atoms with E-state index in [2.05, 4.69) is 0 Å². The van der Waals surface area contributed by atoms with Crippen LogP contribution in [0, 0.1) is 23.0 Å². The van der Waals surface area contributed by atoms with E-state index in [4.69, 9.17) is 9.47 Å². The highest BCUT2D eigenvalue weighted by Gasteiger charge is 2.48. The van der Waals surface area contributed by atoms with Crippen molar-refractivity contribution in [3.8, 4) is 11.5 Å². The first kappa shape index (κ1) is 15.6. The van der Waals surface area contributed by atoms with Gasteiger partial charge in [0.1, 0.15) is 0 Å². The van der Waals surface area contributed by atoms with E-state index in [-0.39, 0.29) is 11.5 Å². The second kappa shape index (κ2) is 6.43. The molecule has 0 amide bonds. The van der Waals surface area contributed by atoms with Gasteiger partial charge in [-0.25, -0.2) is 0 Å². The van der Waals surface area contributed by atoms with Crippen LogP contribution in [0.25, 0.3) is 0 Å². The number of ether oxygens (including phenoxy) is 2. The summed E-state index contributed by atoms with van der Waals surface area (Å²) < 4.78 is 38.7. The van der Waals surface area contributed by atoms with E-state index < -0.39 is 11.6 Å². The van der Waals surface area contributed by atoms with Crippen molar-refractivity contribution in [2.75, 3.05) is 13.2 Å². The van der Waals surface area contributed by atoms with E-state index in [9.17, 15) is 8.78 Å². The normalized spacial score (nSPS) is 19.6. The molecular weight excluding hydrogens is 286 g/mol. The number of benzene rings is 1. The lowest BCUT2D eigenvalue weighted by molar-refractivity contribution is -0.0421. The zero-order valence-electron chi connectivity index (χ0n) is 13.2. The van der Waals surface area contributed by atoms with Gasteiger partial charge in [0.15, 0.2) is 11.5 Å². The minimum Gasteiger partial charge on any atom is -0.490 e. The van der Waals surface area contributed by atoms with Crippen LogP contribution < -0.4 is 9.47 Å². The first-order valence-corrected chi connectivity index (χ1v) is 8.37. The molecule has 2 nitrogen and oxygen atoms in total. The summed E-state index contributed by atoms with van der Waals surface area (Å²) in [6.45, 7) is 2.90. The van der Waals surface area contributed by atoms with E-state index in [1.807, 2.05) is 6.92 Å². The summed E-state index contributed by atoms with van der Waals surface area (Å²) in [4.78, 5) is 0. The van der Waals surface area contributed by atoms with Crippen LogP contribution in [0.4, 0.5) is 8.78 Å². The molecule has 1 aromatic carbocycles. The van der Waals surface area contributed by atoms with Gasteiger partial charge in [-0.05, 0) is 55.6 Å². The van der Waals surface area contributed by atoms with Gasteiger partial charge in [-0.1, -0.05) is 19.8 Å². The van der Waals surface area contributed by atoms with Gasteiger partial charge in [0, 0.05) is 0 Å². The Morgan fingerprint density at radius 1 is 1.09 bits per heavy atom. The second-order valence-electron chi connectivity index (χ2n) is 6.83. The van der Waals surface area contributed by atoms with Crippen molar-refractivity contribution < 1.29 is 18.3 Å². The first-order chi connectivity index (χ1) is 10.6. The van der Waals surface area contributed by atoms with Gasteiger partial charge in [0.05, 0.1) is 13.2 Å². The van der Waals surface area contributed by atoms with Gasteiger partial charge in [-0.15, -0.1) is 0 Å². The smallest absolute Gasteiger partial charge is 0.204 e. The highest BCUT2D eigenvalue weighted by molar-refractivity contribution is 5.35. The molecule has 0 bridgehead atoms. The molecular formula is C18H24F2O2. The Kier molecular flexibility index (Phi) is 4.55. The third-order valence-electron chi connectivity index (χ3n) is 5.10. The van der Waals surface area contributed by atoms with Crippen LogP contribution in [0.3, 0.4) is 0 Å². The van der Waals surface area contributed by atoms with Gasteiger partial charge in [0.2, 0.25) is 11.6 Å². The summed E-state index contributed by atoms with van der Waals surface area (Å²) in [5.41, 5.74) is 0.578. The van der Waals surface area contributed by atoms with Crippen LogP contribution in [0.1, 0.15) is 51.9 Å². The maximum absolute atomic E-state index is 14.0. The van der Waals surface area contributed by atoms with E-state index in [1.165, 1.54) is 44.2 Å². The lowest BCUT2D eigenvalue weighted by Crippen LogP contribution is -2.44. The third kappa shape index (κ3) is 3.06. The minimum atomic E-state index is -0.947. The predicted octanol–water partition coefficient (Wildman–Crippen LogP) is 5.10. The maximum atomic E-state index is 14.0. The molecule has 2 aliphatic rings. The second-order valence-corrected chi connectivity index (χ2v) is 6.83.